The second kappa shape index (κ2) is 7.46. The zero-order valence-corrected chi connectivity index (χ0v) is 14.6. The Kier molecular flexibility index (Phi) is 5.11. The number of likely N-dealkylation sites (tertiary alicyclic amines) is 1. The van der Waals surface area contributed by atoms with Crippen LogP contribution in [-0.2, 0) is 16.1 Å². The third-order valence-corrected chi connectivity index (χ3v) is 4.31. The van der Waals surface area contributed by atoms with Crippen LogP contribution in [0, 0.1) is 5.92 Å². The maximum atomic E-state index is 12.7. The van der Waals surface area contributed by atoms with Gasteiger partial charge >= 0.3 is 0 Å². The van der Waals surface area contributed by atoms with Gasteiger partial charge in [0.15, 0.2) is 0 Å². The minimum Gasteiger partial charge on any atom is -0.330 e. The van der Waals surface area contributed by atoms with E-state index < -0.39 is 6.04 Å². The summed E-state index contributed by atoms with van der Waals surface area (Å²) in [4.78, 5) is 30.5. The van der Waals surface area contributed by atoms with Crippen molar-refractivity contribution < 1.29 is 9.59 Å². The lowest BCUT2D eigenvalue weighted by Gasteiger charge is -2.29. The van der Waals surface area contributed by atoms with Crippen LogP contribution >= 0.6 is 0 Å². The Morgan fingerprint density at radius 2 is 2.20 bits per heavy atom. The third-order valence-electron chi connectivity index (χ3n) is 4.31. The molecule has 1 saturated heterocycles. The Balaban J connectivity index is 1.66. The van der Waals surface area contributed by atoms with Crippen molar-refractivity contribution in [3.63, 3.8) is 0 Å². The number of nitrogens with one attached hydrogen (secondary N) is 1. The van der Waals surface area contributed by atoms with E-state index in [1.54, 1.807) is 34.4 Å². The number of amides is 2. The molecule has 0 radical (unpaired) electrons. The minimum atomic E-state index is -0.448. The summed E-state index contributed by atoms with van der Waals surface area (Å²) in [7, 11) is 0. The number of pyridine rings is 1. The van der Waals surface area contributed by atoms with Crippen molar-refractivity contribution in [2.75, 3.05) is 11.9 Å². The number of carbonyl (C=O) groups is 2. The van der Waals surface area contributed by atoms with E-state index in [1.807, 2.05) is 26.0 Å². The van der Waals surface area contributed by atoms with Crippen LogP contribution in [0.2, 0.25) is 0 Å². The highest BCUT2D eigenvalue weighted by Gasteiger charge is 2.35. The quantitative estimate of drug-likeness (QED) is 0.870. The fourth-order valence-corrected chi connectivity index (χ4v) is 3.18. The minimum absolute atomic E-state index is 0.0486. The van der Waals surface area contributed by atoms with Gasteiger partial charge in [0.25, 0.3) is 0 Å². The molecule has 2 amide bonds. The first-order valence-electron chi connectivity index (χ1n) is 8.56. The summed E-state index contributed by atoms with van der Waals surface area (Å²) in [5, 5.41) is 7.17. The topological polar surface area (TPSA) is 80.1 Å². The van der Waals surface area contributed by atoms with Gasteiger partial charge in [0.1, 0.15) is 6.04 Å². The van der Waals surface area contributed by atoms with Crippen LogP contribution in [0.1, 0.15) is 32.3 Å². The lowest BCUT2D eigenvalue weighted by Crippen LogP contribution is -2.47. The number of aromatic nitrogens is 3. The van der Waals surface area contributed by atoms with Gasteiger partial charge in [-0.05, 0) is 24.0 Å². The molecule has 7 nitrogen and oxygen atoms in total. The molecule has 1 atom stereocenters. The predicted molar refractivity (Wildman–Crippen MR) is 93.8 cm³/mol. The molecule has 0 aliphatic carbocycles. The number of nitrogens with zero attached hydrogens (tertiary/aromatic N) is 4. The monoisotopic (exact) mass is 341 g/mol. The molecule has 0 aromatic carbocycles. The van der Waals surface area contributed by atoms with Crippen molar-refractivity contribution in [2.24, 2.45) is 5.92 Å². The van der Waals surface area contributed by atoms with Crippen molar-refractivity contribution in [3.05, 3.63) is 42.5 Å². The van der Waals surface area contributed by atoms with Crippen LogP contribution in [0.3, 0.4) is 0 Å². The molecule has 1 N–H and O–H groups in total. The molecule has 7 heteroatoms. The van der Waals surface area contributed by atoms with Crippen molar-refractivity contribution in [2.45, 2.75) is 39.3 Å². The molecule has 3 heterocycles. The Hall–Kier alpha value is -2.70. The van der Waals surface area contributed by atoms with Gasteiger partial charge < -0.3 is 10.2 Å². The summed E-state index contributed by atoms with van der Waals surface area (Å²) >= 11 is 0. The van der Waals surface area contributed by atoms with Gasteiger partial charge in [-0.1, -0.05) is 19.9 Å². The molecule has 2 aromatic rings. The van der Waals surface area contributed by atoms with E-state index in [9.17, 15) is 9.59 Å². The van der Waals surface area contributed by atoms with Crippen LogP contribution < -0.4 is 5.32 Å². The van der Waals surface area contributed by atoms with Crippen LogP contribution in [0.25, 0.3) is 0 Å². The molecular formula is C18H23N5O2. The number of hydrogen-bond donors (Lipinski definition) is 1. The zero-order chi connectivity index (χ0) is 17.8. The molecule has 1 unspecified atom stereocenters. The highest BCUT2D eigenvalue weighted by atomic mass is 16.2. The van der Waals surface area contributed by atoms with Crippen molar-refractivity contribution in [3.8, 4) is 0 Å². The van der Waals surface area contributed by atoms with E-state index in [0.29, 0.717) is 25.2 Å². The Morgan fingerprint density at radius 3 is 2.84 bits per heavy atom. The summed E-state index contributed by atoms with van der Waals surface area (Å²) in [5.41, 5.74) is 1.66. The lowest BCUT2D eigenvalue weighted by atomic mass is 10.0. The second-order valence-electron chi connectivity index (χ2n) is 6.66. The van der Waals surface area contributed by atoms with Crippen LogP contribution in [0.15, 0.2) is 36.9 Å². The second-order valence-corrected chi connectivity index (χ2v) is 6.66. The number of rotatable bonds is 6. The van der Waals surface area contributed by atoms with Crippen LogP contribution in [0.4, 0.5) is 5.69 Å². The Morgan fingerprint density at radius 1 is 1.36 bits per heavy atom. The summed E-state index contributed by atoms with van der Waals surface area (Å²) < 4.78 is 1.75. The number of hydrogen-bond acceptors (Lipinski definition) is 4. The fourth-order valence-electron chi connectivity index (χ4n) is 3.18. The number of carbonyl (C=O) groups excluding carboxylic acids is 2. The first-order chi connectivity index (χ1) is 12.0. The highest BCUT2D eigenvalue weighted by molar-refractivity contribution is 5.97. The van der Waals surface area contributed by atoms with Crippen LogP contribution in [0.5, 0.6) is 0 Å². The smallest absolute Gasteiger partial charge is 0.247 e. The SMILES string of the molecule is CC(C)C(C(=O)Nc1cnn(Cc2cccnc2)c1)N1CCCC1=O. The molecule has 3 rings (SSSR count). The summed E-state index contributed by atoms with van der Waals surface area (Å²) in [6.07, 6.45) is 8.27. The third kappa shape index (κ3) is 4.04. The average Bonchev–Trinajstić information content (AvgIpc) is 3.18. The Labute approximate surface area is 147 Å². The molecule has 0 saturated carbocycles. The standard InChI is InChI=1S/C18H23N5O2/c1-13(2)17(23-8-4-6-16(23)24)18(25)21-15-10-20-22(12-15)11-14-5-3-7-19-9-14/h3,5,7,9-10,12-13,17H,4,6,8,11H2,1-2H3,(H,21,25). The van der Waals surface area contributed by atoms with E-state index in [0.717, 1.165) is 12.0 Å². The van der Waals surface area contributed by atoms with Gasteiger partial charge in [-0.3, -0.25) is 19.3 Å². The van der Waals surface area contributed by atoms with Gasteiger partial charge in [0.2, 0.25) is 11.8 Å². The van der Waals surface area contributed by atoms with Crippen LogP contribution in [-0.4, -0.2) is 44.1 Å². The van der Waals surface area contributed by atoms with Gasteiger partial charge in [-0.15, -0.1) is 0 Å². The van der Waals surface area contributed by atoms with Gasteiger partial charge in [0, 0.05) is 31.6 Å². The molecule has 1 aliphatic heterocycles. The lowest BCUT2D eigenvalue weighted by molar-refractivity contribution is -0.136. The first-order valence-corrected chi connectivity index (χ1v) is 8.56. The largest absolute Gasteiger partial charge is 0.330 e. The van der Waals surface area contributed by atoms with E-state index >= 15 is 0 Å². The maximum Gasteiger partial charge on any atom is 0.247 e. The molecule has 0 spiro atoms. The van der Waals surface area contributed by atoms with E-state index in [4.69, 9.17) is 0 Å². The fraction of sp³-hybridized carbons (Fsp3) is 0.444. The van der Waals surface area contributed by atoms with Crippen molar-refractivity contribution in [1.29, 1.82) is 0 Å². The normalized spacial score (nSPS) is 15.6. The first kappa shape index (κ1) is 17.1. The molecule has 1 aliphatic rings. The molecule has 0 bridgehead atoms. The molecular weight excluding hydrogens is 318 g/mol. The predicted octanol–water partition coefficient (Wildman–Crippen LogP) is 1.91. The highest BCUT2D eigenvalue weighted by Crippen LogP contribution is 2.20. The summed E-state index contributed by atoms with van der Waals surface area (Å²) in [5.74, 6) is -0.0558. The molecule has 25 heavy (non-hydrogen) atoms. The van der Waals surface area contributed by atoms with Gasteiger partial charge in [0.05, 0.1) is 18.4 Å². The summed E-state index contributed by atoms with van der Waals surface area (Å²) in [6.45, 7) is 5.15. The molecule has 132 valence electrons. The molecule has 1 fully saturated rings. The van der Waals surface area contributed by atoms with E-state index in [2.05, 4.69) is 15.4 Å². The van der Waals surface area contributed by atoms with E-state index in [1.165, 1.54) is 0 Å². The van der Waals surface area contributed by atoms with E-state index in [-0.39, 0.29) is 17.7 Å². The zero-order valence-electron chi connectivity index (χ0n) is 14.6. The summed E-state index contributed by atoms with van der Waals surface area (Å²) in [6, 6.07) is 3.40. The van der Waals surface area contributed by atoms with Crippen molar-refractivity contribution in [1.82, 2.24) is 19.7 Å². The average molecular weight is 341 g/mol. The van der Waals surface area contributed by atoms with Crippen molar-refractivity contribution >= 4 is 17.5 Å². The van der Waals surface area contributed by atoms with Gasteiger partial charge in [-0.2, -0.15) is 5.10 Å². The molecule has 2 aromatic heterocycles. The maximum absolute atomic E-state index is 12.7. The number of anilines is 1. The van der Waals surface area contributed by atoms with Gasteiger partial charge in [-0.25, -0.2) is 0 Å². The Bertz CT molecular complexity index is 741.